The Bertz CT molecular complexity index is 1210. The lowest BCUT2D eigenvalue weighted by atomic mass is 9.92. The Kier molecular flexibility index (Phi) is 4.52. The van der Waals surface area contributed by atoms with Crippen LogP contribution in [0.5, 0.6) is 23.0 Å². The number of para-hydroxylation sites is 2. The van der Waals surface area contributed by atoms with Crippen LogP contribution in [-0.2, 0) is 15.8 Å². The van der Waals surface area contributed by atoms with Crippen LogP contribution in [0.15, 0.2) is 72.8 Å². The maximum Gasteiger partial charge on any atom is 0.257 e. The van der Waals surface area contributed by atoms with Crippen LogP contribution in [0.25, 0.3) is 4.91 Å². The third-order valence-electron chi connectivity index (χ3n) is 5.09. The van der Waals surface area contributed by atoms with E-state index >= 15 is 0 Å². The summed E-state index contributed by atoms with van der Waals surface area (Å²) in [5, 5.41) is 10.5. The van der Waals surface area contributed by atoms with E-state index in [0.717, 1.165) is 16.9 Å². The number of phenols is 1. The van der Waals surface area contributed by atoms with Crippen molar-refractivity contribution in [3.05, 3.63) is 89.5 Å². The highest BCUT2D eigenvalue weighted by Crippen LogP contribution is 2.46. The van der Waals surface area contributed by atoms with Crippen LogP contribution in [0.3, 0.4) is 0 Å². The van der Waals surface area contributed by atoms with Gasteiger partial charge in [-0.05, 0) is 35.9 Å². The Hall–Kier alpha value is -3.58. The first-order chi connectivity index (χ1) is 14.6. The van der Waals surface area contributed by atoms with E-state index < -0.39 is 16.9 Å². The molecular formula is C23H17NO5S. The summed E-state index contributed by atoms with van der Waals surface area (Å²) in [6, 6.07) is 20.4. The molecule has 150 valence electrons. The molecule has 2 aliphatic rings. The molecule has 0 radical (unpaired) electrons. The molecule has 0 spiro atoms. The van der Waals surface area contributed by atoms with Gasteiger partial charge in [-0.25, -0.2) is 4.21 Å². The quantitative estimate of drug-likeness (QED) is 0.671. The van der Waals surface area contributed by atoms with E-state index in [0.29, 0.717) is 23.7 Å². The Morgan fingerprint density at radius 3 is 2.63 bits per heavy atom. The Balaban J connectivity index is 1.46. The van der Waals surface area contributed by atoms with Gasteiger partial charge in [0.1, 0.15) is 11.5 Å². The van der Waals surface area contributed by atoms with E-state index in [9.17, 15) is 14.1 Å². The Morgan fingerprint density at radius 2 is 1.90 bits per heavy atom. The number of carbonyl (C=O) groups is 1. The van der Waals surface area contributed by atoms with Crippen molar-refractivity contribution in [3.8, 4) is 23.0 Å². The summed E-state index contributed by atoms with van der Waals surface area (Å²) in [4.78, 5) is 11.7. The number of hydrogen-bond donors (Lipinski definition) is 2. The van der Waals surface area contributed by atoms with Gasteiger partial charge in [0.05, 0.1) is 11.5 Å². The van der Waals surface area contributed by atoms with Crippen molar-refractivity contribution in [3.63, 3.8) is 0 Å². The topological polar surface area (TPSA) is 84.9 Å². The maximum absolute atomic E-state index is 12.0. The number of rotatable bonds is 4. The van der Waals surface area contributed by atoms with E-state index in [1.165, 1.54) is 6.08 Å². The first kappa shape index (κ1) is 18.4. The largest absolute Gasteiger partial charge is 0.507 e. The van der Waals surface area contributed by atoms with Gasteiger partial charge in [-0.15, -0.1) is 0 Å². The fourth-order valence-corrected chi connectivity index (χ4v) is 4.63. The van der Waals surface area contributed by atoms with Crippen LogP contribution in [0.4, 0.5) is 0 Å². The molecule has 2 unspecified atom stereocenters. The number of ether oxygens (including phenoxy) is 2. The first-order valence-electron chi connectivity index (χ1n) is 9.36. The predicted molar refractivity (Wildman–Crippen MR) is 113 cm³/mol. The van der Waals surface area contributed by atoms with Crippen LogP contribution in [0.1, 0.15) is 22.6 Å². The number of carbonyl (C=O) groups excluding carboxylic acids is 1. The number of nitrogens with one attached hydrogen (secondary N) is 1. The third kappa shape index (κ3) is 3.23. The highest BCUT2D eigenvalue weighted by Gasteiger charge is 2.30. The zero-order chi connectivity index (χ0) is 20.7. The van der Waals surface area contributed by atoms with Gasteiger partial charge in [-0.3, -0.25) is 9.52 Å². The van der Waals surface area contributed by atoms with Gasteiger partial charge in [0.15, 0.2) is 22.5 Å². The normalized spacial score (nSPS) is 19.6. The lowest BCUT2D eigenvalue weighted by molar-refractivity contribution is -0.114. The Morgan fingerprint density at radius 1 is 1.07 bits per heavy atom. The van der Waals surface area contributed by atoms with E-state index in [1.807, 2.05) is 54.6 Å². The molecule has 3 aromatic rings. The summed E-state index contributed by atoms with van der Waals surface area (Å²) < 4.78 is 26.2. The molecule has 0 aromatic heterocycles. The SMILES string of the molecule is O=C1C=C(c2ccc(C3COc4c(Oc5ccccc5)cccc43)cc2O)S(=O)N1. The zero-order valence-corrected chi connectivity index (χ0v) is 16.5. The molecule has 2 N–H and O–H groups in total. The molecule has 0 aliphatic carbocycles. The van der Waals surface area contributed by atoms with Crippen LogP contribution in [-0.4, -0.2) is 21.8 Å². The minimum atomic E-state index is -1.66. The number of phenolic OH excluding ortho intramolecular Hbond substituents is 1. The second kappa shape index (κ2) is 7.35. The van der Waals surface area contributed by atoms with Crippen LogP contribution in [0.2, 0.25) is 0 Å². The lowest BCUT2D eigenvalue weighted by Crippen LogP contribution is -2.16. The Labute approximate surface area is 175 Å². The fraction of sp³-hybridized carbons (Fsp3) is 0.0870. The van der Waals surface area contributed by atoms with Crippen molar-refractivity contribution in [2.45, 2.75) is 5.92 Å². The molecule has 6 nitrogen and oxygen atoms in total. The summed E-state index contributed by atoms with van der Waals surface area (Å²) in [5.41, 5.74) is 2.20. The molecule has 2 atom stereocenters. The van der Waals surface area contributed by atoms with E-state index in [2.05, 4.69) is 4.72 Å². The number of amides is 1. The van der Waals surface area contributed by atoms with Crippen molar-refractivity contribution in [1.29, 1.82) is 0 Å². The molecule has 0 saturated carbocycles. The molecule has 0 bridgehead atoms. The minimum absolute atomic E-state index is 0.0336. The smallest absolute Gasteiger partial charge is 0.257 e. The van der Waals surface area contributed by atoms with E-state index in [-0.39, 0.29) is 16.6 Å². The molecule has 30 heavy (non-hydrogen) atoms. The molecule has 0 fully saturated rings. The first-order valence-corrected chi connectivity index (χ1v) is 10.5. The maximum atomic E-state index is 12.0. The average molecular weight is 419 g/mol. The van der Waals surface area contributed by atoms with Crippen molar-refractivity contribution in [2.24, 2.45) is 0 Å². The van der Waals surface area contributed by atoms with Crippen molar-refractivity contribution < 1.29 is 23.6 Å². The van der Waals surface area contributed by atoms with E-state index in [1.54, 1.807) is 12.1 Å². The molecular weight excluding hydrogens is 402 g/mol. The number of hydrogen-bond acceptors (Lipinski definition) is 5. The number of benzene rings is 3. The molecule has 3 aromatic carbocycles. The van der Waals surface area contributed by atoms with Gasteiger partial charge in [0.25, 0.3) is 5.91 Å². The highest BCUT2D eigenvalue weighted by molar-refractivity contribution is 7.94. The van der Waals surface area contributed by atoms with Gasteiger partial charge in [-0.1, -0.05) is 36.4 Å². The van der Waals surface area contributed by atoms with Gasteiger partial charge in [0.2, 0.25) is 0 Å². The third-order valence-corrected chi connectivity index (χ3v) is 6.22. The van der Waals surface area contributed by atoms with Gasteiger partial charge >= 0.3 is 0 Å². The highest BCUT2D eigenvalue weighted by atomic mass is 32.2. The predicted octanol–water partition coefficient (Wildman–Crippen LogP) is 3.84. The summed E-state index contributed by atoms with van der Waals surface area (Å²) in [6.07, 6.45) is 1.24. The minimum Gasteiger partial charge on any atom is -0.507 e. The van der Waals surface area contributed by atoms with Gasteiger partial charge in [0, 0.05) is 23.1 Å². The second-order valence-electron chi connectivity index (χ2n) is 6.97. The standard InChI is InChI=1S/C23H17NO5S/c25-19-11-14(9-10-17(19)21-12-22(26)24-30(21)27)18-13-28-23-16(18)7-4-8-20(23)29-15-5-2-1-3-6-15/h1-12,18,25H,13H2,(H,24,26). The van der Waals surface area contributed by atoms with Gasteiger partial charge < -0.3 is 14.6 Å². The van der Waals surface area contributed by atoms with Gasteiger partial charge in [-0.2, -0.15) is 0 Å². The van der Waals surface area contributed by atoms with Crippen LogP contribution < -0.4 is 14.2 Å². The van der Waals surface area contributed by atoms with E-state index in [4.69, 9.17) is 9.47 Å². The monoisotopic (exact) mass is 419 g/mol. The molecule has 2 heterocycles. The summed E-state index contributed by atoms with van der Waals surface area (Å²) in [7, 11) is -1.66. The fourth-order valence-electron chi connectivity index (χ4n) is 3.69. The van der Waals surface area contributed by atoms with Crippen LogP contribution in [0, 0.1) is 0 Å². The van der Waals surface area contributed by atoms with Crippen molar-refractivity contribution in [2.75, 3.05) is 6.61 Å². The molecule has 7 heteroatoms. The second-order valence-corrected chi connectivity index (χ2v) is 8.15. The lowest BCUT2D eigenvalue weighted by Gasteiger charge is -2.13. The number of aromatic hydroxyl groups is 1. The van der Waals surface area contributed by atoms with Crippen LogP contribution >= 0.6 is 0 Å². The summed E-state index contributed by atoms with van der Waals surface area (Å²) in [5.74, 6) is 1.50. The molecule has 2 aliphatic heterocycles. The molecule has 1 amide bonds. The zero-order valence-electron chi connectivity index (χ0n) is 15.7. The summed E-state index contributed by atoms with van der Waals surface area (Å²) in [6.45, 7) is 0.415. The molecule has 5 rings (SSSR count). The van der Waals surface area contributed by atoms with Crippen molar-refractivity contribution in [1.82, 2.24) is 4.72 Å². The van der Waals surface area contributed by atoms with Crippen molar-refractivity contribution >= 4 is 21.8 Å². The number of fused-ring (bicyclic) bond motifs is 1. The average Bonchev–Trinajstić information content (AvgIpc) is 3.32. The molecule has 0 saturated heterocycles. The summed E-state index contributed by atoms with van der Waals surface area (Å²) >= 11 is 0.